The van der Waals surface area contributed by atoms with Crippen LogP contribution < -0.4 is 0 Å². The average molecular weight is 398 g/mol. The highest BCUT2D eigenvalue weighted by atomic mass is 35.5. The zero-order valence-electron chi connectivity index (χ0n) is 16.6. The molecule has 1 saturated heterocycles. The van der Waals surface area contributed by atoms with Crippen molar-refractivity contribution in [2.45, 2.75) is 45.4 Å². The zero-order valence-corrected chi connectivity index (χ0v) is 17.4. The Balaban J connectivity index is 1.64. The number of rotatable bonds is 6. The van der Waals surface area contributed by atoms with Gasteiger partial charge >= 0.3 is 0 Å². The zero-order chi connectivity index (χ0) is 19.5. The number of benzene rings is 2. The fourth-order valence-electron chi connectivity index (χ4n) is 4.20. The summed E-state index contributed by atoms with van der Waals surface area (Å²) in [5, 5.41) is 0.730. The number of halogens is 1. The lowest BCUT2D eigenvalue weighted by Crippen LogP contribution is -2.39. The van der Waals surface area contributed by atoms with E-state index >= 15 is 0 Å². The summed E-state index contributed by atoms with van der Waals surface area (Å²) in [5.74, 6) is 1.11. The molecule has 0 aliphatic carbocycles. The van der Waals surface area contributed by atoms with Gasteiger partial charge in [0.15, 0.2) is 0 Å². The van der Waals surface area contributed by atoms with Gasteiger partial charge in [0, 0.05) is 31.3 Å². The van der Waals surface area contributed by atoms with Crippen LogP contribution >= 0.6 is 11.6 Å². The molecule has 0 amide bonds. The summed E-state index contributed by atoms with van der Waals surface area (Å²) >= 11 is 6.24. The van der Waals surface area contributed by atoms with E-state index in [1.165, 1.54) is 5.56 Å². The Bertz CT molecular complexity index is 916. The highest BCUT2D eigenvalue weighted by molar-refractivity contribution is 6.31. The van der Waals surface area contributed by atoms with Gasteiger partial charge < -0.3 is 9.30 Å². The molecule has 0 radical (unpaired) electrons. The van der Waals surface area contributed by atoms with Crippen LogP contribution in [0.1, 0.15) is 44.1 Å². The molecule has 2 aromatic carbocycles. The molecule has 1 unspecified atom stereocenters. The fraction of sp³-hybridized carbons (Fsp3) is 0.435. The van der Waals surface area contributed by atoms with Gasteiger partial charge in [-0.05, 0) is 50.5 Å². The van der Waals surface area contributed by atoms with Gasteiger partial charge in [0.2, 0.25) is 0 Å². The number of fused-ring (bicyclic) bond motifs is 1. The third kappa shape index (κ3) is 4.09. The van der Waals surface area contributed by atoms with Crippen molar-refractivity contribution in [1.29, 1.82) is 0 Å². The van der Waals surface area contributed by atoms with Crippen molar-refractivity contribution in [1.82, 2.24) is 14.5 Å². The summed E-state index contributed by atoms with van der Waals surface area (Å²) < 4.78 is 8.17. The van der Waals surface area contributed by atoms with Crippen LogP contribution in [0.4, 0.5) is 0 Å². The molecule has 1 aliphatic heterocycles. The molecule has 0 N–H and O–H groups in total. The van der Waals surface area contributed by atoms with Crippen molar-refractivity contribution in [3.8, 4) is 0 Å². The van der Waals surface area contributed by atoms with Crippen LogP contribution in [0.15, 0.2) is 48.5 Å². The predicted octanol–water partition coefficient (Wildman–Crippen LogP) is 5.30. The quantitative estimate of drug-likeness (QED) is 0.565. The van der Waals surface area contributed by atoms with Crippen LogP contribution in [0.2, 0.25) is 5.02 Å². The number of imidazole rings is 1. The van der Waals surface area contributed by atoms with Gasteiger partial charge in [0.1, 0.15) is 5.82 Å². The van der Waals surface area contributed by atoms with Crippen LogP contribution in [-0.4, -0.2) is 40.3 Å². The molecule has 4 rings (SSSR count). The third-order valence-electron chi connectivity index (χ3n) is 5.72. The molecule has 1 atom stereocenters. The van der Waals surface area contributed by atoms with E-state index in [1.54, 1.807) is 0 Å². The lowest BCUT2D eigenvalue weighted by Gasteiger charge is -2.35. The summed E-state index contributed by atoms with van der Waals surface area (Å²) in [7, 11) is 0. The van der Waals surface area contributed by atoms with Crippen molar-refractivity contribution in [3.63, 3.8) is 0 Å². The largest absolute Gasteiger partial charge is 0.378 e. The van der Waals surface area contributed by atoms with Crippen LogP contribution in [0, 0.1) is 0 Å². The lowest BCUT2D eigenvalue weighted by molar-refractivity contribution is 0.00443. The van der Waals surface area contributed by atoms with Gasteiger partial charge in [-0.2, -0.15) is 0 Å². The Hall–Kier alpha value is -1.88. The maximum atomic E-state index is 6.24. The summed E-state index contributed by atoms with van der Waals surface area (Å²) in [4.78, 5) is 7.53. The molecule has 0 spiro atoms. The van der Waals surface area contributed by atoms with Gasteiger partial charge in [0.05, 0.1) is 23.2 Å². The summed E-state index contributed by atoms with van der Waals surface area (Å²) in [6.45, 7) is 8.04. The second kappa shape index (κ2) is 8.64. The maximum Gasteiger partial charge on any atom is 0.127 e. The van der Waals surface area contributed by atoms with Crippen LogP contribution in [0.5, 0.6) is 0 Å². The lowest BCUT2D eigenvalue weighted by atomic mass is 10.1. The van der Waals surface area contributed by atoms with E-state index in [0.29, 0.717) is 6.10 Å². The molecule has 0 saturated carbocycles. The van der Waals surface area contributed by atoms with Crippen LogP contribution in [0.3, 0.4) is 0 Å². The standard InChI is InChI=1S/C23H28ClN3O/c1-3-28-20-11-13-26(14-12-20)17(2)23-25-21-15-19(24)9-10-22(21)27(23)16-18-7-5-4-6-8-18/h4-10,15,17,20H,3,11-14,16H2,1-2H3. The Morgan fingerprint density at radius 3 is 2.61 bits per heavy atom. The SMILES string of the molecule is CCOC1CCN(C(C)c2nc3cc(Cl)ccc3n2Cc2ccccc2)CC1. The molecule has 3 aromatic rings. The molecule has 2 heterocycles. The first kappa shape index (κ1) is 19.4. The van der Waals surface area contributed by atoms with E-state index in [-0.39, 0.29) is 6.04 Å². The Morgan fingerprint density at radius 1 is 1.14 bits per heavy atom. The summed E-state index contributed by atoms with van der Waals surface area (Å²) in [6, 6.07) is 16.8. The number of aromatic nitrogens is 2. The first-order valence-electron chi connectivity index (χ1n) is 10.2. The normalized spacial score (nSPS) is 17.2. The molecule has 1 aliphatic rings. The predicted molar refractivity (Wildman–Crippen MR) is 115 cm³/mol. The van der Waals surface area contributed by atoms with Crippen molar-refractivity contribution in [2.75, 3.05) is 19.7 Å². The topological polar surface area (TPSA) is 30.3 Å². The smallest absolute Gasteiger partial charge is 0.127 e. The fourth-order valence-corrected chi connectivity index (χ4v) is 4.37. The van der Waals surface area contributed by atoms with E-state index in [0.717, 1.165) is 61.0 Å². The summed E-state index contributed by atoms with van der Waals surface area (Å²) in [6.07, 6.45) is 2.57. The van der Waals surface area contributed by atoms with Crippen molar-refractivity contribution in [2.24, 2.45) is 0 Å². The Morgan fingerprint density at radius 2 is 1.89 bits per heavy atom. The first-order valence-corrected chi connectivity index (χ1v) is 10.6. The van der Waals surface area contributed by atoms with Crippen LogP contribution in [-0.2, 0) is 11.3 Å². The van der Waals surface area contributed by atoms with E-state index in [9.17, 15) is 0 Å². The number of hydrogen-bond donors (Lipinski definition) is 0. The maximum absolute atomic E-state index is 6.24. The second-order valence-electron chi connectivity index (χ2n) is 7.54. The van der Waals surface area contributed by atoms with Gasteiger partial charge in [0.25, 0.3) is 0 Å². The van der Waals surface area contributed by atoms with Crippen molar-refractivity contribution in [3.05, 3.63) is 64.9 Å². The van der Waals surface area contributed by atoms with Gasteiger partial charge in [-0.15, -0.1) is 0 Å². The van der Waals surface area contributed by atoms with Crippen molar-refractivity contribution < 1.29 is 4.74 Å². The van der Waals surface area contributed by atoms with E-state index < -0.39 is 0 Å². The molecule has 1 fully saturated rings. The van der Waals surface area contributed by atoms with Gasteiger partial charge in [-0.25, -0.2) is 4.98 Å². The minimum absolute atomic E-state index is 0.248. The Kier molecular flexibility index (Phi) is 6.00. The molecule has 5 heteroatoms. The Labute approximate surface area is 172 Å². The minimum Gasteiger partial charge on any atom is -0.378 e. The van der Waals surface area contributed by atoms with Crippen LogP contribution in [0.25, 0.3) is 11.0 Å². The van der Waals surface area contributed by atoms with Crippen molar-refractivity contribution >= 4 is 22.6 Å². The van der Waals surface area contributed by atoms with E-state index in [4.69, 9.17) is 21.3 Å². The highest BCUT2D eigenvalue weighted by Gasteiger charge is 2.27. The molecule has 1 aromatic heterocycles. The van der Waals surface area contributed by atoms with E-state index in [2.05, 4.69) is 59.7 Å². The highest BCUT2D eigenvalue weighted by Crippen LogP contribution is 2.29. The molecular weight excluding hydrogens is 370 g/mol. The molecule has 0 bridgehead atoms. The third-order valence-corrected chi connectivity index (χ3v) is 5.96. The number of piperidine rings is 1. The molecule has 148 valence electrons. The minimum atomic E-state index is 0.248. The second-order valence-corrected chi connectivity index (χ2v) is 7.98. The number of hydrogen-bond acceptors (Lipinski definition) is 3. The first-order chi connectivity index (χ1) is 13.7. The number of nitrogens with zero attached hydrogens (tertiary/aromatic N) is 3. The number of ether oxygens (including phenoxy) is 1. The molecule has 4 nitrogen and oxygen atoms in total. The summed E-state index contributed by atoms with van der Waals surface area (Å²) in [5.41, 5.74) is 3.38. The van der Waals surface area contributed by atoms with Gasteiger partial charge in [-0.1, -0.05) is 41.9 Å². The van der Waals surface area contributed by atoms with Gasteiger partial charge in [-0.3, -0.25) is 4.90 Å². The molecule has 28 heavy (non-hydrogen) atoms. The number of likely N-dealkylation sites (tertiary alicyclic amines) is 1. The monoisotopic (exact) mass is 397 g/mol. The van der Waals surface area contributed by atoms with E-state index in [1.807, 2.05) is 12.1 Å². The molecular formula is C23H28ClN3O. The average Bonchev–Trinajstić information content (AvgIpc) is 3.06.